The number of aromatic nitrogens is 2. The van der Waals surface area contributed by atoms with Crippen molar-refractivity contribution in [2.45, 2.75) is 0 Å². The van der Waals surface area contributed by atoms with Gasteiger partial charge in [-0.3, -0.25) is 5.10 Å². The minimum absolute atomic E-state index is 0.168. The number of carboxylic acid groups (broad SMARTS) is 1. The van der Waals surface area contributed by atoms with E-state index in [9.17, 15) is 9.18 Å². The summed E-state index contributed by atoms with van der Waals surface area (Å²) in [7, 11) is 0. The van der Waals surface area contributed by atoms with Crippen LogP contribution in [-0.2, 0) is 0 Å². The molecule has 0 saturated heterocycles. The summed E-state index contributed by atoms with van der Waals surface area (Å²) in [5.41, 5.74) is 0.326. The molecule has 0 spiro atoms. The second-order valence-electron chi connectivity index (χ2n) is 2.81. The molecule has 0 fully saturated rings. The van der Waals surface area contributed by atoms with Crippen LogP contribution in [0.25, 0.3) is 10.9 Å². The molecule has 2 rings (SSSR count). The minimum Gasteiger partial charge on any atom is -0.476 e. The lowest BCUT2D eigenvalue weighted by Crippen LogP contribution is -1.99. The summed E-state index contributed by atoms with van der Waals surface area (Å²) in [5.74, 6) is -1.02. The number of benzene rings is 1. The number of H-pyrrole nitrogens is 1. The van der Waals surface area contributed by atoms with Crippen molar-refractivity contribution < 1.29 is 19.0 Å². The maximum atomic E-state index is 12.0. The predicted molar refractivity (Wildman–Crippen MR) is 49.7 cm³/mol. The smallest absolute Gasteiger partial charge is 0.357 e. The number of nitrogens with zero attached hydrogens (tertiary/aromatic N) is 1. The van der Waals surface area contributed by atoms with Crippen LogP contribution in [0.2, 0.25) is 0 Å². The summed E-state index contributed by atoms with van der Waals surface area (Å²) >= 11 is 0. The van der Waals surface area contributed by atoms with Gasteiger partial charge in [-0.1, -0.05) is 6.07 Å². The highest BCUT2D eigenvalue weighted by molar-refractivity contribution is 6.03. The summed E-state index contributed by atoms with van der Waals surface area (Å²) in [6.45, 7) is -1.01. The molecule has 0 saturated carbocycles. The Morgan fingerprint density at radius 2 is 2.40 bits per heavy atom. The molecule has 1 aromatic heterocycles. The molecule has 0 bridgehead atoms. The van der Waals surface area contributed by atoms with Crippen LogP contribution in [0.1, 0.15) is 10.5 Å². The fourth-order valence-electron chi connectivity index (χ4n) is 1.37. The van der Waals surface area contributed by atoms with Crippen LogP contribution in [0.3, 0.4) is 0 Å². The van der Waals surface area contributed by atoms with Crippen molar-refractivity contribution in [3.05, 3.63) is 23.9 Å². The van der Waals surface area contributed by atoms with Crippen molar-refractivity contribution in [1.82, 2.24) is 10.2 Å². The zero-order valence-corrected chi connectivity index (χ0v) is 7.53. The first-order valence-electron chi connectivity index (χ1n) is 4.13. The number of halogens is 1. The number of aromatic carboxylic acids is 1. The van der Waals surface area contributed by atoms with Crippen molar-refractivity contribution in [3.63, 3.8) is 0 Å². The predicted octanol–water partition coefficient (Wildman–Crippen LogP) is 1.57. The van der Waals surface area contributed by atoms with Crippen LogP contribution in [0, 0.1) is 0 Å². The van der Waals surface area contributed by atoms with E-state index in [1.54, 1.807) is 12.1 Å². The Labute approximate surface area is 83.5 Å². The Bertz CT molecular complexity index is 509. The van der Waals surface area contributed by atoms with Gasteiger partial charge in [-0.15, -0.1) is 0 Å². The standard InChI is InChI=1S/C9H7FN2O3/c10-4-15-6-3-1-2-5-7(6)8(9(13)14)12-11-5/h1-3H,4H2,(H,11,12)(H,13,14). The van der Waals surface area contributed by atoms with E-state index in [0.717, 1.165) is 0 Å². The molecule has 0 radical (unpaired) electrons. The van der Waals surface area contributed by atoms with Gasteiger partial charge in [0.2, 0.25) is 6.86 Å². The second kappa shape index (κ2) is 3.56. The molecule has 5 nitrogen and oxygen atoms in total. The van der Waals surface area contributed by atoms with Gasteiger partial charge < -0.3 is 9.84 Å². The van der Waals surface area contributed by atoms with Crippen LogP contribution >= 0.6 is 0 Å². The SMILES string of the molecule is O=C(O)c1n[nH]c2cccc(OCF)c12. The molecule has 2 aromatic rings. The van der Waals surface area contributed by atoms with Crippen molar-refractivity contribution in [1.29, 1.82) is 0 Å². The van der Waals surface area contributed by atoms with Gasteiger partial charge in [0.1, 0.15) is 5.75 Å². The van der Waals surface area contributed by atoms with E-state index in [1.165, 1.54) is 6.07 Å². The number of hydrogen-bond donors (Lipinski definition) is 2. The summed E-state index contributed by atoms with van der Waals surface area (Å²) in [6, 6.07) is 4.75. The number of hydrogen-bond acceptors (Lipinski definition) is 3. The van der Waals surface area contributed by atoms with Gasteiger partial charge in [0.15, 0.2) is 5.69 Å². The molecule has 1 heterocycles. The van der Waals surface area contributed by atoms with Gasteiger partial charge in [-0.2, -0.15) is 5.10 Å². The van der Waals surface area contributed by atoms with Crippen molar-refractivity contribution in [2.24, 2.45) is 0 Å². The fourth-order valence-corrected chi connectivity index (χ4v) is 1.37. The summed E-state index contributed by atoms with van der Waals surface area (Å²) < 4.78 is 16.7. The number of aromatic amines is 1. The molecule has 15 heavy (non-hydrogen) atoms. The maximum Gasteiger partial charge on any atom is 0.357 e. The number of carbonyl (C=O) groups is 1. The average molecular weight is 210 g/mol. The zero-order valence-electron chi connectivity index (χ0n) is 7.53. The lowest BCUT2D eigenvalue weighted by molar-refractivity contribution is 0.0692. The number of fused-ring (bicyclic) bond motifs is 1. The van der Waals surface area contributed by atoms with Gasteiger partial charge in [-0.05, 0) is 12.1 Å². The van der Waals surface area contributed by atoms with Crippen molar-refractivity contribution >= 4 is 16.9 Å². The highest BCUT2D eigenvalue weighted by Gasteiger charge is 2.16. The van der Waals surface area contributed by atoms with E-state index >= 15 is 0 Å². The molecule has 0 aliphatic rings. The van der Waals surface area contributed by atoms with Crippen LogP contribution in [-0.4, -0.2) is 28.1 Å². The Kier molecular flexibility index (Phi) is 2.24. The highest BCUT2D eigenvalue weighted by atomic mass is 19.1. The second-order valence-corrected chi connectivity index (χ2v) is 2.81. The van der Waals surface area contributed by atoms with Crippen molar-refractivity contribution in [2.75, 3.05) is 6.86 Å². The number of nitrogens with one attached hydrogen (secondary N) is 1. The molecule has 2 N–H and O–H groups in total. The number of carboxylic acids is 1. The van der Waals surface area contributed by atoms with Gasteiger partial charge >= 0.3 is 5.97 Å². The van der Waals surface area contributed by atoms with Crippen LogP contribution in [0.15, 0.2) is 18.2 Å². The van der Waals surface area contributed by atoms with Crippen LogP contribution in [0.5, 0.6) is 5.75 Å². The topological polar surface area (TPSA) is 75.2 Å². The van der Waals surface area contributed by atoms with Crippen LogP contribution in [0.4, 0.5) is 4.39 Å². The maximum absolute atomic E-state index is 12.0. The molecule has 0 aliphatic heterocycles. The first kappa shape index (κ1) is 9.45. The molecule has 0 amide bonds. The zero-order chi connectivity index (χ0) is 10.8. The molecule has 1 aromatic carbocycles. The third-order valence-electron chi connectivity index (χ3n) is 1.96. The molecule has 6 heteroatoms. The molecule has 0 aliphatic carbocycles. The lowest BCUT2D eigenvalue weighted by Gasteiger charge is -2.02. The Morgan fingerprint density at radius 1 is 1.60 bits per heavy atom. The normalized spacial score (nSPS) is 10.5. The fraction of sp³-hybridized carbons (Fsp3) is 0.111. The molecule has 78 valence electrons. The first-order valence-corrected chi connectivity index (χ1v) is 4.13. The largest absolute Gasteiger partial charge is 0.476 e. The summed E-state index contributed by atoms with van der Waals surface area (Å²) in [6.07, 6.45) is 0. The van der Waals surface area contributed by atoms with Crippen LogP contribution < -0.4 is 4.74 Å². The first-order chi connectivity index (χ1) is 7.24. The molecular formula is C9H7FN2O3. The Morgan fingerprint density at radius 3 is 3.07 bits per heavy atom. The Hall–Kier alpha value is -2.11. The number of rotatable bonds is 3. The number of ether oxygens (including phenoxy) is 1. The van der Waals surface area contributed by atoms with Gasteiger partial charge in [0.05, 0.1) is 10.9 Å². The van der Waals surface area contributed by atoms with E-state index < -0.39 is 12.8 Å². The van der Waals surface area contributed by atoms with E-state index in [4.69, 9.17) is 5.11 Å². The van der Waals surface area contributed by atoms with Crippen molar-refractivity contribution in [3.8, 4) is 5.75 Å². The quantitative estimate of drug-likeness (QED) is 0.806. The van der Waals surface area contributed by atoms with E-state index in [0.29, 0.717) is 5.52 Å². The van der Waals surface area contributed by atoms with E-state index in [2.05, 4.69) is 14.9 Å². The molecule has 0 unspecified atom stereocenters. The Balaban J connectivity index is 2.69. The minimum atomic E-state index is -1.18. The van der Waals surface area contributed by atoms with E-state index in [-0.39, 0.29) is 16.8 Å². The van der Waals surface area contributed by atoms with Gasteiger partial charge in [0.25, 0.3) is 0 Å². The van der Waals surface area contributed by atoms with E-state index in [1.807, 2.05) is 0 Å². The molecular weight excluding hydrogens is 203 g/mol. The third kappa shape index (κ3) is 1.50. The lowest BCUT2D eigenvalue weighted by atomic mass is 10.2. The number of alkyl halides is 1. The van der Waals surface area contributed by atoms with Gasteiger partial charge in [-0.25, -0.2) is 9.18 Å². The third-order valence-corrected chi connectivity index (χ3v) is 1.96. The average Bonchev–Trinajstić information content (AvgIpc) is 2.62. The highest BCUT2D eigenvalue weighted by Crippen LogP contribution is 2.27. The monoisotopic (exact) mass is 210 g/mol. The van der Waals surface area contributed by atoms with Gasteiger partial charge in [0, 0.05) is 0 Å². The molecule has 0 atom stereocenters. The summed E-state index contributed by atoms with van der Waals surface area (Å²) in [5, 5.41) is 15.3. The summed E-state index contributed by atoms with van der Waals surface area (Å²) in [4.78, 5) is 10.8.